The molecule has 0 bridgehead atoms. The van der Waals surface area contributed by atoms with Crippen molar-refractivity contribution in [3.05, 3.63) is 30.0 Å². The van der Waals surface area contributed by atoms with Crippen molar-refractivity contribution in [2.75, 3.05) is 38.5 Å². The predicted octanol–water partition coefficient (Wildman–Crippen LogP) is 3.33. The number of benzene rings is 1. The number of amides is 1. The molecule has 1 aromatic carbocycles. The zero-order valence-electron chi connectivity index (χ0n) is 16.1. The first kappa shape index (κ1) is 19.2. The summed E-state index contributed by atoms with van der Waals surface area (Å²) >= 11 is 3.29. The van der Waals surface area contributed by atoms with Crippen LogP contribution in [-0.4, -0.2) is 63.4 Å². The van der Waals surface area contributed by atoms with Gasteiger partial charge < -0.3 is 15.1 Å². The fraction of sp³-hybridized carbons (Fsp3) is 0.600. The number of hydrogen-bond donors (Lipinski definition) is 1. The number of nitrogens with one attached hydrogen (secondary N) is 1. The molecule has 1 N–H and O–H groups in total. The Labute approximate surface area is 169 Å². The topological polar surface area (TPSA) is 48.5 Å². The molecule has 0 aliphatic carbocycles. The normalized spacial score (nSPS) is 21.9. The molecular weight excluding hydrogens is 376 g/mol. The van der Waals surface area contributed by atoms with Crippen LogP contribution < -0.4 is 5.32 Å². The number of nitrogens with zero attached hydrogens (tertiary/aromatic N) is 3. The van der Waals surface area contributed by atoms with Crippen LogP contribution in [0.1, 0.15) is 38.4 Å². The summed E-state index contributed by atoms with van der Waals surface area (Å²) in [6.07, 6.45) is 2.05. The molecule has 0 spiro atoms. The van der Waals surface area contributed by atoms with Crippen molar-refractivity contribution in [2.45, 2.75) is 37.6 Å². The summed E-state index contributed by atoms with van der Waals surface area (Å²) in [5.74, 6) is 0.817. The van der Waals surface area contributed by atoms with Gasteiger partial charge in [0, 0.05) is 31.6 Å². The van der Waals surface area contributed by atoms with Crippen LogP contribution >= 0.6 is 23.3 Å². The fourth-order valence-electron chi connectivity index (χ4n) is 4.20. The van der Waals surface area contributed by atoms with Gasteiger partial charge in [0.1, 0.15) is 0 Å². The molecule has 2 aliphatic rings. The summed E-state index contributed by atoms with van der Waals surface area (Å²) < 4.78 is 6.03. The van der Waals surface area contributed by atoms with E-state index in [2.05, 4.69) is 53.2 Å². The molecule has 27 heavy (non-hydrogen) atoms. The van der Waals surface area contributed by atoms with Gasteiger partial charge in [0.15, 0.2) is 0 Å². The van der Waals surface area contributed by atoms with E-state index in [-0.39, 0.29) is 16.8 Å². The van der Waals surface area contributed by atoms with Crippen LogP contribution in [0.5, 0.6) is 0 Å². The average molecular weight is 405 g/mol. The molecule has 3 heterocycles. The smallest absolute Gasteiger partial charge is 0.234 e. The minimum atomic E-state index is -0.179. The second-order valence-electron chi connectivity index (χ2n) is 7.81. The van der Waals surface area contributed by atoms with Gasteiger partial charge in [0.05, 0.1) is 27.1 Å². The van der Waals surface area contributed by atoms with Crippen LogP contribution in [0.3, 0.4) is 0 Å². The fourth-order valence-corrected chi connectivity index (χ4v) is 6.01. The summed E-state index contributed by atoms with van der Waals surface area (Å²) in [5.41, 5.74) is 1.08. The Morgan fingerprint density at radius 3 is 2.78 bits per heavy atom. The van der Waals surface area contributed by atoms with Gasteiger partial charge in [0.25, 0.3) is 0 Å². The molecule has 7 heteroatoms. The van der Waals surface area contributed by atoms with Crippen molar-refractivity contribution < 1.29 is 4.79 Å². The molecule has 2 aliphatic heterocycles. The molecule has 2 fully saturated rings. The summed E-state index contributed by atoms with van der Waals surface area (Å²) in [4.78, 5) is 17.2. The summed E-state index contributed by atoms with van der Waals surface area (Å²) in [7, 11) is 0. The van der Waals surface area contributed by atoms with Crippen LogP contribution in [-0.2, 0) is 4.79 Å². The van der Waals surface area contributed by atoms with Crippen molar-refractivity contribution in [3.63, 3.8) is 0 Å². The van der Waals surface area contributed by atoms with E-state index in [4.69, 9.17) is 4.37 Å². The van der Waals surface area contributed by atoms with E-state index in [1.807, 2.05) is 0 Å². The second-order valence-corrected chi connectivity index (χ2v) is 10.2. The quantitative estimate of drug-likeness (QED) is 0.800. The molecule has 0 saturated carbocycles. The number of carbonyl (C=O) groups excluding carboxylic acids is 1. The number of piperazine rings is 1. The molecule has 1 unspecified atom stereocenters. The van der Waals surface area contributed by atoms with Crippen molar-refractivity contribution in [1.82, 2.24) is 19.5 Å². The highest BCUT2D eigenvalue weighted by Gasteiger charge is 2.44. The molecule has 2 saturated heterocycles. The van der Waals surface area contributed by atoms with E-state index in [1.54, 1.807) is 23.3 Å². The molecule has 0 radical (unpaired) electrons. The minimum absolute atomic E-state index is 0.0570. The van der Waals surface area contributed by atoms with Crippen LogP contribution in [0, 0.1) is 0 Å². The lowest BCUT2D eigenvalue weighted by Crippen LogP contribution is -2.45. The Morgan fingerprint density at radius 2 is 2.04 bits per heavy atom. The first-order chi connectivity index (χ1) is 13.1. The summed E-state index contributed by atoms with van der Waals surface area (Å²) in [6, 6.07) is 8.47. The Balaban J connectivity index is 1.58. The highest BCUT2D eigenvalue weighted by molar-refractivity contribution is 8.01. The predicted molar refractivity (Wildman–Crippen MR) is 114 cm³/mol. The third kappa shape index (κ3) is 4.01. The van der Waals surface area contributed by atoms with Crippen molar-refractivity contribution >= 4 is 39.3 Å². The zero-order chi connectivity index (χ0) is 18.9. The maximum atomic E-state index is 12.8. The maximum Gasteiger partial charge on any atom is 0.234 e. The lowest BCUT2D eigenvalue weighted by molar-refractivity contribution is -0.132. The van der Waals surface area contributed by atoms with Crippen LogP contribution in [0.15, 0.2) is 24.3 Å². The van der Waals surface area contributed by atoms with Gasteiger partial charge in [-0.3, -0.25) is 4.79 Å². The second kappa shape index (κ2) is 8.07. The Kier molecular flexibility index (Phi) is 5.73. The van der Waals surface area contributed by atoms with E-state index in [0.29, 0.717) is 5.75 Å². The highest BCUT2D eigenvalue weighted by Crippen LogP contribution is 2.44. The Hall–Kier alpha value is -1.15. The molecule has 1 amide bonds. The van der Waals surface area contributed by atoms with Crippen molar-refractivity contribution in [2.24, 2.45) is 0 Å². The number of fused-ring (bicyclic) bond motifs is 1. The Bertz CT molecular complexity index is 800. The lowest BCUT2D eigenvalue weighted by Gasteiger charge is -2.37. The van der Waals surface area contributed by atoms with Crippen LogP contribution in [0.4, 0.5) is 0 Å². The van der Waals surface area contributed by atoms with E-state index in [1.165, 1.54) is 10.1 Å². The zero-order valence-corrected chi connectivity index (χ0v) is 17.7. The van der Waals surface area contributed by atoms with Crippen LogP contribution in [0.25, 0.3) is 10.1 Å². The SMILES string of the molecule is CC1(C)SCC(=O)N1C(CCCN1CCNCC1)c1nsc2ccccc12. The molecular formula is C20H28N4OS2. The van der Waals surface area contributed by atoms with Gasteiger partial charge in [-0.2, -0.15) is 4.37 Å². The number of hydrogen-bond acceptors (Lipinski definition) is 6. The first-order valence-corrected chi connectivity index (χ1v) is 11.6. The third-order valence-corrected chi connectivity index (χ3v) is 7.73. The number of aromatic nitrogens is 1. The maximum absolute atomic E-state index is 12.8. The summed E-state index contributed by atoms with van der Waals surface area (Å²) in [6.45, 7) is 9.82. The molecule has 5 nitrogen and oxygen atoms in total. The monoisotopic (exact) mass is 404 g/mol. The number of rotatable bonds is 6. The first-order valence-electron chi connectivity index (χ1n) is 9.80. The number of carbonyl (C=O) groups is 1. The van der Waals surface area contributed by atoms with Gasteiger partial charge in [0.2, 0.25) is 5.91 Å². The molecule has 1 aromatic heterocycles. The molecule has 2 aromatic rings. The third-order valence-electron chi connectivity index (χ3n) is 5.59. The molecule has 4 rings (SSSR count). The van der Waals surface area contributed by atoms with Crippen molar-refractivity contribution in [1.29, 1.82) is 0 Å². The minimum Gasteiger partial charge on any atom is -0.319 e. The number of thioether (sulfide) groups is 1. The van der Waals surface area contributed by atoms with E-state index in [0.717, 1.165) is 51.3 Å². The van der Waals surface area contributed by atoms with Crippen molar-refractivity contribution in [3.8, 4) is 0 Å². The standard InChI is InChI=1S/C20H28N4OS2/c1-20(2)24(18(25)14-26-20)16(7-5-11-23-12-9-21-10-13-23)19-15-6-3-4-8-17(15)27-22-19/h3-4,6,8,16,21H,5,7,9-14H2,1-2H3. The largest absolute Gasteiger partial charge is 0.319 e. The van der Waals surface area contributed by atoms with Gasteiger partial charge in [-0.05, 0) is 50.8 Å². The van der Waals surface area contributed by atoms with Gasteiger partial charge in [-0.15, -0.1) is 11.8 Å². The van der Waals surface area contributed by atoms with Crippen LogP contribution in [0.2, 0.25) is 0 Å². The van der Waals surface area contributed by atoms with E-state index < -0.39 is 0 Å². The molecule has 1 atom stereocenters. The Morgan fingerprint density at radius 1 is 1.26 bits per heavy atom. The van der Waals surface area contributed by atoms with Gasteiger partial charge in [-0.1, -0.05) is 18.2 Å². The van der Waals surface area contributed by atoms with Gasteiger partial charge >= 0.3 is 0 Å². The lowest BCUT2D eigenvalue weighted by atomic mass is 10.0. The average Bonchev–Trinajstić information content (AvgIpc) is 3.21. The van der Waals surface area contributed by atoms with E-state index in [9.17, 15) is 4.79 Å². The van der Waals surface area contributed by atoms with E-state index >= 15 is 0 Å². The molecule has 146 valence electrons. The highest BCUT2D eigenvalue weighted by atomic mass is 32.2. The summed E-state index contributed by atoms with van der Waals surface area (Å²) in [5, 5.41) is 4.62. The van der Waals surface area contributed by atoms with Gasteiger partial charge in [-0.25, -0.2) is 0 Å².